The summed E-state index contributed by atoms with van der Waals surface area (Å²) >= 11 is 0. The topological polar surface area (TPSA) is 172 Å². The number of epoxide rings is 1. The van der Waals surface area contributed by atoms with E-state index in [0.29, 0.717) is 41.7 Å². The van der Waals surface area contributed by atoms with Crippen molar-refractivity contribution in [1.29, 1.82) is 0 Å². The standard InChI is InChI=1S/C28H32O7.C21H18O5/c1-14(29)34-17-12-26(5)16(15-8-10-33-13-15)11-19-28(26,35-19)27(6)21(17)25(4)9-7-18(30)24(2,3)22(25)20(31)23(27)32;1-21(2,26-20(23)13-6-4-3-5-7-13)18-11-15-10-14-8-9-19(22)25-16(14)12-17(15)24-18/h7-10,13,16-17,19,21,31H,11-12H2,1-6H3;3-10,12,18H,11H2,1-2H3. The molecule has 6 aliphatic rings. The van der Waals surface area contributed by atoms with Crippen molar-refractivity contribution in [2.24, 2.45) is 27.6 Å². The van der Waals surface area contributed by atoms with E-state index in [-0.39, 0.29) is 35.6 Å². The van der Waals surface area contributed by atoms with Crippen LogP contribution < -0.4 is 10.4 Å². The van der Waals surface area contributed by atoms with Crippen molar-refractivity contribution in [2.75, 3.05) is 0 Å². The summed E-state index contributed by atoms with van der Waals surface area (Å²) in [6.45, 7) is 14.5. The van der Waals surface area contributed by atoms with E-state index in [9.17, 15) is 29.1 Å². The average Bonchev–Trinajstić information content (AvgIpc) is 3.47. The van der Waals surface area contributed by atoms with E-state index in [1.54, 1.807) is 74.9 Å². The molecule has 10 rings (SSSR count). The Bertz CT molecular complexity index is 2630. The van der Waals surface area contributed by atoms with Gasteiger partial charge >= 0.3 is 17.6 Å². The third-order valence-electron chi connectivity index (χ3n) is 15.0. The fraction of sp³-hybridized carbons (Fsp3) is 0.449. The van der Waals surface area contributed by atoms with Crippen molar-refractivity contribution in [1.82, 2.24) is 0 Å². The van der Waals surface area contributed by atoms with Crippen molar-refractivity contribution in [3.63, 3.8) is 0 Å². The highest BCUT2D eigenvalue weighted by Gasteiger charge is 2.89. The van der Waals surface area contributed by atoms with Gasteiger partial charge in [0.05, 0.1) is 35.0 Å². The van der Waals surface area contributed by atoms with E-state index in [4.69, 9.17) is 27.8 Å². The molecule has 61 heavy (non-hydrogen) atoms. The van der Waals surface area contributed by atoms with Crippen LogP contribution in [0.2, 0.25) is 0 Å². The van der Waals surface area contributed by atoms with E-state index >= 15 is 0 Å². The minimum atomic E-state index is -1.17. The van der Waals surface area contributed by atoms with Crippen LogP contribution in [-0.2, 0) is 35.0 Å². The van der Waals surface area contributed by atoms with Gasteiger partial charge in [-0.25, -0.2) is 9.59 Å². The van der Waals surface area contributed by atoms with Crippen molar-refractivity contribution < 1.29 is 52.1 Å². The molecule has 2 aromatic carbocycles. The number of esters is 2. The molecule has 0 radical (unpaired) electrons. The Morgan fingerprint density at radius 2 is 1.69 bits per heavy atom. The first-order valence-corrected chi connectivity index (χ1v) is 20.8. The maximum absolute atomic E-state index is 14.3. The first-order valence-electron chi connectivity index (χ1n) is 20.8. The Morgan fingerprint density at radius 3 is 2.38 bits per heavy atom. The largest absolute Gasteiger partial charge is 0.504 e. The smallest absolute Gasteiger partial charge is 0.338 e. The lowest BCUT2D eigenvalue weighted by Gasteiger charge is -2.64. The Kier molecular flexibility index (Phi) is 8.91. The molecule has 1 N–H and O–H groups in total. The van der Waals surface area contributed by atoms with Crippen LogP contribution in [0.25, 0.3) is 11.0 Å². The molecule has 9 unspecified atom stereocenters. The first-order chi connectivity index (χ1) is 28.7. The van der Waals surface area contributed by atoms with Gasteiger partial charge in [-0.05, 0) is 106 Å². The lowest BCUT2D eigenvalue weighted by molar-refractivity contribution is -0.200. The van der Waals surface area contributed by atoms with Crippen molar-refractivity contribution in [3.8, 4) is 5.75 Å². The minimum Gasteiger partial charge on any atom is -0.504 e. The van der Waals surface area contributed by atoms with Gasteiger partial charge in [0, 0.05) is 47.6 Å². The number of furan rings is 1. The van der Waals surface area contributed by atoms with Crippen LogP contribution in [-0.4, -0.2) is 58.1 Å². The van der Waals surface area contributed by atoms with Gasteiger partial charge < -0.3 is 32.9 Å². The zero-order valence-corrected chi connectivity index (χ0v) is 35.5. The molecule has 2 aromatic heterocycles. The second kappa shape index (κ2) is 13.4. The molecule has 12 heteroatoms. The Morgan fingerprint density at radius 1 is 0.951 bits per heavy atom. The zero-order chi connectivity index (χ0) is 43.7. The molecule has 4 heterocycles. The molecule has 9 atom stereocenters. The van der Waals surface area contributed by atoms with Gasteiger partial charge in [0.1, 0.15) is 34.7 Å². The number of carbonyl (C=O) groups excluding carboxylic acids is 4. The number of rotatable bonds is 5. The molecular weight excluding hydrogens is 781 g/mol. The summed E-state index contributed by atoms with van der Waals surface area (Å²) in [6, 6.07) is 17.6. The quantitative estimate of drug-likeness (QED) is 0.116. The summed E-state index contributed by atoms with van der Waals surface area (Å²) in [5.41, 5.74) is -2.29. The van der Waals surface area contributed by atoms with Gasteiger partial charge in [0.25, 0.3) is 0 Å². The number of fused-ring (bicyclic) bond motifs is 5. The van der Waals surface area contributed by atoms with Crippen LogP contribution in [0.4, 0.5) is 0 Å². The van der Waals surface area contributed by atoms with Gasteiger partial charge in [0.15, 0.2) is 11.5 Å². The highest BCUT2D eigenvalue weighted by molar-refractivity contribution is 6.06. The van der Waals surface area contributed by atoms with E-state index < -0.39 is 62.3 Å². The van der Waals surface area contributed by atoms with Crippen LogP contribution in [0.1, 0.15) is 95.6 Å². The van der Waals surface area contributed by atoms with Crippen LogP contribution in [0, 0.1) is 27.6 Å². The molecule has 0 bridgehead atoms. The highest BCUT2D eigenvalue weighted by Crippen LogP contribution is 2.81. The van der Waals surface area contributed by atoms with Crippen LogP contribution in [0.5, 0.6) is 5.75 Å². The third-order valence-corrected chi connectivity index (χ3v) is 15.0. The Balaban J connectivity index is 0.000000163. The van der Waals surface area contributed by atoms with Crippen LogP contribution in [0.3, 0.4) is 0 Å². The molecule has 1 saturated heterocycles. The molecule has 1 spiro atoms. The summed E-state index contributed by atoms with van der Waals surface area (Å²) in [5, 5.41) is 12.4. The third kappa shape index (κ3) is 5.70. The number of aliphatic hydroxyl groups is 1. The van der Waals surface area contributed by atoms with Crippen LogP contribution in [0.15, 0.2) is 110 Å². The normalized spacial score (nSPS) is 33.9. The lowest BCUT2D eigenvalue weighted by atomic mass is 9.38. The molecule has 3 fully saturated rings. The van der Waals surface area contributed by atoms with Crippen LogP contribution >= 0.6 is 0 Å². The maximum Gasteiger partial charge on any atom is 0.338 e. The molecule has 2 saturated carbocycles. The molecular formula is C49H50O12. The number of ether oxygens (including phenoxy) is 4. The van der Waals surface area contributed by atoms with Gasteiger partial charge in [0.2, 0.25) is 5.78 Å². The number of benzene rings is 2. The molecule has 12 nitrogen and oxygen atoms in total. The van der Waals surface area contributed by atoms with Gasteiger partial charge in [-0.1, -0.05) is 38.1 Å². The lowest BCUT2D eigenvalue weighted by Crippen LogP contribution is -2.70. The maximum atomic E-state index is 14.3. The van der Waals surface area contributed by atoms with E-state index in [1.165, 1.54) is 13.0 Å². The van der Waals surface area contributed by atoms with Crippen molar-refractivity contribution in [3.05, 3.63) is 124 Å². The van der Waals surface area contributed by atoms with E-state index in [2.05, 4.69) is 6.92 Å². The SMILES string of the molecule is CC(=O)OC1CC2(C)C(c3ccoc3)CC3OC32C2(C)C(=O)C(O)=C3C(C)(C)C(=O)C=CC3(C)C12.CC(C)(OC(=O)c1ccccc1)C1Cc2cc3ccc(=O)oc3cc2O1. The number of ketones is 2. The molecule has 0 amide bonds. The Labute approximate surface area is 352 Å². The minimum absolute atomic E-state index is 0.0453. The summed E-state index contributed by atoms with van der Waals surface area (Å²) in [6.07, 6.45) is 7.46. The summed E-state index contributed by atoms with van der Waals surface area (Å²) in [5.74, 6) is -1.57. The molecule has 318 valence electrons. The number of hydrogen-bond acceptors (Lipinski definition) is 12. The molecule has 2 aliphatic heterocycles. The highest BCUT2D eigenvalue weighted by atomic mass is 16.6. The monoisotopic (exact) mass is 830 g/mol. The Hall–Kier alpha value is -5.75. The number of allylic oxidation sites excluding steroid dienone is 4. The zero-order valence-electron chi connectivity index (χ0n) is 35.5. The first kappa shape index (κ1) is 40.6. The van der Waals surface area contributed by atoms with Gasteiger partial charge in [-0.3, -0.25) is 14.4 Å². The summed E-state index contributed by atoms with van der Waals surface area (Å²) < 4.78 is 34.9. The number of Topliss-reactive ketones (excluding diaryl/α,β-unsaturated/α-hetero) is 1. The summed E-state index contributed by atoms with van der Waals surface area (Å²) in [7, 11) is 0. The number of carbonyl (C=O) groups is 4. The van der Waals surface area contributed by atoms with Gasteiger partial charge in [-0.2, -0.15) is 0 Å². The number of hydrogen-bond donors (Lipinski definition) is 1. The molecule has 4 aliphatic carbocycles. The fourth-order valence-electron chi connectivity index (χ4n) is 12.4. The van der Waals surface area contributed by atoms with Crippen molar-refractivity contribution in [2.45, 2.75) is 110 Å². The predicted molar refractivity (Wildman–Crippen MR) is 221 cm³/mol. The second-order valence-electron chi connectivity index (χ2n) is 19.2. The number of aliphatic hydroxyl groups excluding tert-OH is 1. The summed E-state index contributed by atoms with van der Waals surface area (Å²) in [4.78, 5) is 63.4. The predicted octanol–water partition coefficient (Wildman–Crippen LogP) is 8.17. The fourth-order valence-corrected chi connectivity index (χ4v) is 12.4. The van der Waals surface area contributed by atoms with E-state index in [0.717, 1.165) is 16.5 Å². The second-order valence-corrected chi connectivity index (χ2v) is 19.2. The van der Waals surface area contributed by atoms with Crippen molar-refractivity contribution >= 4 is 34.5 Å². The average molecular weight is 831 g/mol. The van der Waals surface area contributed by atoms with Gasteiger partial charge in [-0.15, -0.1) is 0 Å². The molecule has 4 aromatic rings. The van der Waals surface area contributed by atoms with E-state index in [1.807, 2.05) is 45.9 Å².